The summed E-state index contributed by atoms with van der Waals surface area (Å²) in [5.74, 6) is -0.501. The number of esters is 1. The van der Waals surface area contributed by atoms with E-state index in [1.807, 2.05) is 6.92 Å². The molecule has 0 spiro atoms. The molecule has 0 aliphatic carbocycles. The second-order valence-electron chi connectivity index (χ2n) is 3.86. The second-order valence-corrected chi connectivity index (χ2v) is 3.86. The molecule has 7 nitrogen and oxygen atoms in total. The largest absolute Gasteiger partial charge is 0.451 e. The first kappa shape index (κ1) is 14.0. The fourth-order valence-electron chi connectivity index (χ4n) is 1.28. The topological polar surface area (TPSA) is 99.2 Å². The van der Waals surface area contributed by atoms with E-state index in [2.05, 4.69) is 10.4 Å². The zero-order valence-corrected chi connectivity index (χ0v) is 10.5. The van der Waals surface area contributed by atoms with Crippen molar-refractivity contribution in [2.24, 2.45) is 0 Å². The minimum absolute atomic E-state index is 0.0669. The zero-order chi connectivity index (χ0) is 13.5. The Hall–Kier alpha value is -2.05. The van der Waals surface area contributed by atoms with Gasteiger partial charge in [0.05, 0.1) is 0 Å². The van der Waals surface area contributed by atoms with Gasteiger partial charge in [-0.15, -0.1) is 0 Å². The summed E-state index contributed by atoms with van der Waals surface area (Å²) in [4.78, 5) is 23.0. The van der Waals surface area contributed by atoms with Gasteiger partial charge in [-0.3, -0.25) is 14.3 Å². The van der Waals surface area contributed by atoms with Crippen molar-refractivity contribution >= 4 is 17.7 Å². The van der Waals surface area contributed by atoms with Crippen molar-refractivity contribution in [1.29, 1.82) is 0 Å². The molecule has 0 aliphatic heterocycles. The third-order valence-corrected chi connectivity index (χ3v) is 2.18. The van der Waals surface area contributed by atoms with E-state index in [1.165, 1.54) is 11.6 Å². The Morgan fingerprint density at radius 2 is 2.33 bits per heavy atom. The summed E-state index contributed by atoms with van der Waals surface area (Å²) < 4.78 is 6.33. The van der Waals surface area contributed by atoms with Crippen LogP contribution in [0.1, 0.15) is 20.3 Å². The molecule has 1 aromatic rings. The molecule has 0 fully saturated rings. The standard InChI is InChI=1S/C11H18N4O3/c1-3-5-13-11(17)8(2)18-10(16)7-15-6-4-9(12)14-15/h4,6,8H,3,5,7H2,1-2H3,(H2,12,14)(H,13,17). The number of ether oxygens (including phenoxy) is 1. The number of amides is 1. The number of aromatic nitrogens is 2. The van der Waals surface area contributed by atoms with Crippen molar-refractivity contribution < 1.29 is 14.3 Å². The lowest BCUT2D eigenvalue weighted by atomic mass is 10.3. The van der Waals surface area contributed by atoms with Gasteiger partial charge in [0.1, 0.15) is 12.4 Å². The molecular formula is C11H18N4O3. The lowest BCUT2D eigenvalue weighted by Gasteiger charge is -2.12. The zero-order valence-electron chi connectivity index (χ0n) is 10.5. The van der Waals surface area contributed by atoms with Crippen LogP contribution in [0.5, 0.6) is 0 Å². The van der Waals surface area contributed by atoms with Crippen molar-refractivity contribution in [2.45, 2.75) is 32.9 Å². The summed E-state index contributed by atoms with van der Waals surface area (Å²) in [6, 6.07) is 1.57. The van der Waals surface area contributed by atoms with Crippen LogP contribution in [-0.2, 0) is 20.9 Å². The summed E-state index contributed by atoms with van der Waals surface area (Å²) in [7, 11) is 0. The van der Waals surface area contributed by atoms with Crippen LogP contribution < -0.4 is 11.1 Å². The molecule has 100 valence electrons. The number of nitrogens with two attached hydrogens (primary N) is 1. The van der Waals surface area contributed by atoms with Gasteiger partial charge in [0.25, 0.3) is 5.91 Å². The van der Waals surface area contributed by atoms with Crippen LogP contribution >= 0.6 is 0 Å². The molecule has 1 rings (SSSR count). The lowest BCUT2D eigenvalue weighted by Crippen LogP contribution is -2.36. The van der Waals surface area contributed by atoms with Gasteiger partial charge in [0.15, 0.2) is 6.10 Å². The highest BCUT2D eigenvalue weighted by molar-refractivity contribution is 5.83. The first-order chi connectivity index (χ1) is 8.52. The van der Waals surface area contributed by atoms with E-state index in [4.69, 9.17) is 10.5 Å². The fourth-order valence-corrected chi connectivity index (χ4v) is 1.28. The lowest BCUT2D eigenvalue weighted by molar-refractivity contribution is -0.155. The van der Waals surface area contributed by atoms with Crippen LogP contribution in [0.4, 0.5) is 5.82 Å². The van der Waals surface area contributed by atoms with Crippen LogP contribution in [0.3, 0.4) is 0 Å². The summed E-state index contributed by atoms with van der Waals surface area (Å²) in [5.41, 5.74) is 5.41. The molecule has 0 aromatic carbocycles. The van der Waals surface area contributed by atoms with Gasteiger partial charge in [-0.05, 0) is 19.4 Å². The van der Waals surface area contributed by atoms with Crippen LogP contribution in [0.15, 0.2) is 12.3 Å². The average Bonchev–Trinajstić information content (AvgIpc) is 2.71. The first-order valence-electron chi connectivity index (χ1n) is 5.79. The van der Waals surface area contributed by atoms with E-state index < -0.39 is 12.1 Å². The minimum atomic E-state index is -0.808. The van der Waals surface area contributed by atoms with E-state index in [9.17, 15) is 9.59 Å². The smallest absolute Gasteiger partial charge is 0.328 e. The Labute approximate surface area is 105 Å². The Balaban J connectivity index is 2.37. The number of carbonyl (C=O) groups excluding carboxylic acids is 2. The summed E-state index contributed by atoms with van der Waals surface area (Å²) in [6.07, 6.45) is 1.59. The van der Waals surface area contributed by atoms with Crippen molar-refractivity contribution in [1.82, 2.24) is 15.1 Å². The maximum absolute atomic E-state index is 11.5. The molecule has 7 heteroatoms. The van der Waals surface area contributed by atoms with Crippen molar-refractivity contribution in [3.8, 4) is 0 Å². The number of nitrogen functional groups attached to an aromatic ring is 1. The second kappa shape index (κ2) is 6.63. The normalized spacial score (nSPS) is 11.9. The molecule has 1 unspecified atom stereocenters. The highest BCUT2D eigenvalue weighted by Gasteiger charge is 2.17. The number of hydrogen-bond donors (Lipinski definition) is 2. The van der Waals surface area contributed by atoms with Gasteiger partial charge in [-0.2, -0.15) is 5.10 Å². The monoisotopic (exact) mass is 254 g/mol. The number of nitrogens with zero attached hydrogens (tertiary/aromatic N) is 2. The Morgan fingerprint density at radius 1 is 1.61 bits per heavy atom. The third kappa shape index (κ3) is 4.44. The van der Waals surface area contributed by atoms with Crippen LogP contribution in [0.25, 0.3) is 0 Å². The molecule has 1 heterocycles. The average molecular weight is 254 g/mol. The molecule has 0 radical (unpaired) electrons. The molecule has 0 saturated carbocycles. The van der Waals surface area contributed by atoms with Gasteiger partial charge < -0.3 is 15.8 Å². The number of hydrogen-bond acceptors (Lipinski definition) is 5. The molecule has 0 saturated heterocycles. The number of nitrogens with one attached hydrogen (secondary N) is 1. The molecule has 3 N–H and O–H groups in total. The van der Waals surface area contributed by atoms with Gasteiger partial charge in [-0.1, -0.05) is 6.92 Å². The van der Waals surface area contributed by atoms with E-state index in [0.29, 0.717) is 12.4 Å². The van der Waals surface area contributed by atoms with Crippen molar-refractivity contribution in [3.05, 3.63) is 12.3 Å². The highest BCUT2D eigenvalue weighted by Crippen LogP contribution is 1.98. The van der Waals surface area contributed by atoms with Crippen LogP contribution in [0, 0.1) is 0 Å². The van der Waals surface area contributed by atoms with E-state index in [0.717, 1.165) is 6.42 Å². The third-order valence-electron chi connectivity index (χ3n) is 2.18. The molecule has 18 heavy (non-hydrogen) atoms. The van der Waals surface area contributed by atoms with E-state index in [1.54, 1.807) is 12.3 Å². The van der Waals surface area contributed by atoms with Crippen molar-refractivity contribution in [2.75, 3.05) is 12.3 Å². The van der Waals surface area contributed by atoms with Crippen LogP contribution in [-0.4, -0.2) is 34.3 Å². The van der Waals surface area contributed by atoms with Gasteiger partial charge in [-0.25, -0.2) is 0 Å². The van der Waals surface area contributed by atoms with E-state index >= 15 is 0 Å². The molecule has 1 amide bonds. The summed E-state index contributed by atoms with van der Waals surface area (Å²) in [6.45, 7) is 3.97. The minimum Gasteiger partial charge on any atom is -0.451 e. The Morgan fingerprint density at radius 3 is 2.89 bits per heavy atom. The maximum Gasteiger partial charge on any atom is 0.328 e. The molecule has 1 atom stereocenters. The van der Waals surface area contributed by atoms with Crippen molar-refractivity contribution in [3.63, 3.8) is 0 Å². The SMILES string of the molecule is CCCNC(=O)C(C)OC(=O)Cn1ccc(N)n1. The molecule has 1 aromatic heterocycles. The number of carbonyl (C=O) groups is 2. The highest BCUT2D eigenvalue weighted by atomic mass is 16.5. The Kier molecular flexibility index (Phi) is 5.16. The molecule has 0 bridgehead atoms. The van der Waals surface area contributed by atoms with Crippen LogP contribution in [0.2, 0.25) is 0 Å². The van der Waals surface area contributed by atoms with Gasteiger partial charge in [0.2, 0.25) is 0 Å². The number of anilines is 1. The van der Waals surface area contributed by atoms with Gasteiger partial charge in [0, 0.05) is 12.7 Å². The van der Waals surface area contributed by atoms with Gasteiger partial charge >= 0.3 is 5.97 Å². The van der Waals surface area contributed by atoms with E-state index in [-0.39, 0.29) is 12.5 Å². The maximum atomic E-state index is 11.5. The first-order valence-corrected chi connectivity index (χ1v) is 5.79. The Bertz CT molecular complexity index is 416. The predicted octanol–water partition coefficient (Wildman–Crippen LogP) is -0.0768. The molecular weight excluding hydrogens is 236 g/mol. The summed E-state index contributed by atoms with van der Waals surface area (Å²) >= 11 is 0. The quantitative estimate of drug-likeness (QED) is 0.692. The predicted molar refractivity (Wildman–Crippen MR) is 65.5 cm³/mol. The molecule has 0 aliphatic rings. The number of rotatable bonds is 6. The fraction of sp³-hybridized carbons (Fsp3) is 0.545. The summed E-state index contributed by atoms with van der Waals surface area (Å²) in [5, 5.41) is 6.49.